The number of aliphatic hydroxyl groups excluding tert-OH is 1. The minimum Gasteiger partial charge on any atom is -0.439 e. The summed E-state index contributed by atoms with van der Waals surface area (Å²) in [7, 11) is 0. The number of aliphatic hydroxyl groups is 1. The Bertz CT molecular complexity index is 533. The summed E-state index contributed by atoms with van der Waals surface area (Å²) in [5.41, 5.74) is 1.73. The van der Waals surface area contributed by atoms with Crippen molar-refractivity contribution in [1.29, 1.82) is 0 Å². The van der Waals surface area contributed by atoms with Gasteiger partial charge in [0.1, 0.15) is 5.52 Å². The van der Waals surface area contributed by atoms with Crippen LogP contribution in [0.4, 0.5) is 0 Å². The number of para-hydroxylation sites is 2. The summed E-state index contributed by atoms with van der Waals surface area (Å²) in [5.74, 6) is 1.09. The number of oxazole rings is 1. The molecule has 2 N–H and O–H groups in total. The molecule has 1 aliphatic rings. The van der Waals surface area contributed by atoms with E-state index in [4.69, 9.17) is 4.42 Å². The lowest BCUT2D eigenvalue weighted by Crippen LogP contribution is -2.41. The van der Waals surface area contributed by atoms with Crippen LogP contribution in [0.1, 0.15) is 44.5 Å². The highest BCUT2D eigenvalue weighted by atomic mass is 16.3. The van der Waals surface area contributed by atoms with Crippen LogP contribution in [0.5, 0.6) is 0 Å². The maximum absolute atomic E-state index is 9.48. The molecule has 1 aromatic heterocycles. The van der Waals surface area contributed by atoms with Crippen molar-refractivity contribution in [3.63, 3.8) is 0 Å². The van der Waals surface area contributed by atoms with Crippen molar-refractivity contribution in [2.45, 2.75) is 44.7 Å². The minimum absolute atomic E-state index is 0.0690. The molecular weight excluding hydrogens is 252 g/mol. The number of benzene rings is 1. The zero-order chi connectivity index (χ0) is 13.9. The molecule has 0 spiro atoms. The molecule has 108 valence electrons. The zero-order valence-electron chi connectivity index (χ0n) is 11.9. The van der Waals surface area contributed by atoms with Crippen LogP contribution < -0.4 is 5.32 Å². The highest BCUT2D eigenvalue weighted by Crippen LogP contribution is 2.27. The van der Waals surface area contributed by atoms with Crippen LogP contribution in [-0.2, 0) is 0 Å². The predicted octanol–water partition coefficient (Wildman–Crippen LogP) is 3.03. The van der Waals surface area contributed by atoms with Gasteiger partial charge in [-0.1, -0.05) is 25.0 Å². The molecule has 4 heteroatoms. The van der Waals surface area contributed by atoms with E-state index < -0.39 is 0 Å². The first-order valence-corrected chi connectivity index (χ1v) is 7.50. The average molecular weight is 274 g/mol. The van der Waals surface area contributed by atoms with Gasteiger partial charge in [-0.15, -0.1) is 0 Å². The van der Waals surface area contributed by atoms with Gasteiger partial charge in [0.15, 0.2) is 5.58 Å². The second-order valence-corrected chi connectivity index (χ2v) is 5.74. The summed E-state index contributed by atoms with van der Waals surface area (Å²) in [6.45, 7) is 2.34. The van der Waals surface area contributed by atoms with Crippen molar-refractivity contribution in [3.05, 3.63) is 30.2 Å². The van der Waals surface area contributed by atoms with Gasteiger partial charge in [-0.05, 0) is 37.8 Å². The van der Waals surface area contributed by atoms with Gasteiger partial charge in [0.05, 0.1) is 6.04 Å². The molecule has 1 saturated carbocycles. The third-order valence-electron chi connectivity index (χ3n) is 4.29. The highest BCUT2D eigenvalue weighted by Gasteiger charge is 2.27. The molecule has 0 radical (unpaired) electrons. The molecule has 1 fully saturated rings. The second kappa shape index (κ2) is 5.94. The van der Waals surface area contributed by atoms with E-state index in [1.807, 2.05) is 24.3 Å². The topological polar surface area (TPSA) is 58.3 Å². The van der Waals surface area contributed by atoms with Crippen LogP contribution in [0.2, 0.25) is 0 Å². The number of aromatic nitrogens is 1. The molecule has 3 atom stereocenters. The summed E-state index contributed by atoms with van der Waals surface area (Å²) in [4.78, 5) is 4.54. The fourth-order valence-corrected chi connectivity index (χ4v) is 3.11. The van der Waals surface area contributed by atoms with Gasteiger partial charge in [0.25, 0.3) is 0 Å². The Labute approximate surface area is 119 Å². The maximum Gasteiger partial charge on any atom is 0.212 e. The first-order valence-electron chi connectivity index (χ1n) is 7.50. The summed E-state index contributed by atoms with van der Waals surface area (Å²) >= 11 is 0. The SMILES string of the molecule is C[C@H](N[C@@H]1CCCC[C@@H]1CO)c1nc2ccccc2o1. The van der Waals surface area contributed by atoms with Crippen molar-refractivity contribution >= 4 is 11.1 Å². The van der Waals surface area contributed by atoms with Crippen LogP contribution in [0, 0.1) is 5.92 Å². The molecule has 2 aromatic rings. The second-order valence-electron chi connectivity index (χ2n) is 5.74. The summed E-state index contributed by atoms with van der Waals surface area (Å²) in [6.07, 6.45) is 4.68. The van der Waals surface area contributed by atoms with Gasteiger partial charge in [-0.25, -0.2) is 4.98 Å². The number of nitrogens with zero attached hydrogens (tertiary/aromatic N) is 1. The van der Waals surface area contributed by atoms with Crippen LogP contribution in [0.25, 0.3) is 11.1 Å². The Balaban J connectivity index is 1.73. The van der Waals surface area contributed by atoms with Gasteiger partial charge in [-0.3, -0.25) is 0 Å². The van der Waals surface area contributed by atoms with E-state index in [9.17, 15) is 5.11 Å². The molecule has 0 aliphatic heterocycles. The first kappa shape index (κ1) is 13.6. The molecule has 0 amide bonds. The van der Waals surface area contributed by atoms with E-state index in [1.54, 1.807) is 0 Å². The van der Waals surface area contributed by atoms with Gasteiger partial charge in [-0.2, -0.15) is 0 Å². The summed E-state index contributed by atoms with van der Waals surface area (Å²) in [5, 5.41) is 13.1. The summed E-state index contributed by atoms with van der Waals surface area (Å²) in [6, 6.07) is 8.26. The lowest BCUT2D eigenvalue weighted by atomic mass is 9.84. The van der Waals surface area contributed by atoms with Gasteiger partial charge < -0.3 is 14.8 Å². The van der Waals surface area contributed by atoms with Crippen molar-refractivity contribution in [3.8, 4) is 0 Å². The molecule has 3 rings (SSSR count). The lowest BCUT2D eigenvalue weighted by molar-refractivity contribution is 0.144. The Kier molecular flexibility index (Phi) is 4.03. The quantitative estimate of drug-likeness (QED) is 0.899. The van der Waals surface area contributed by atoms with Crippen LogP contribution >= 0.6 is 0 Å². The molecule has 0 saturated heterocycles. The van der Waals surface area contributed by atoms with E-state index in [1.165, 1.54) is 12.8 Å². The largest absolute Gasteiger partial charge is 0.439 e. The Morgan fingerprint density at radius 1 is 1.35 bits per heavy atom. The third kappa shape index (κ3) is 2.72. The van der Waals surface area contributed by atoms with Crippen LogP contribution in [0.3, 0.4) is 0 Å². The monoisotopic (exact) mass is 274 g/mol. The van der Waals surface area contributed by atoms with Crippen molar-refractivity contribution in [2.75, 3.05) is 6.61 Å². The van der Waals surface area contributed by atoms with Crippen molar-refractivity contribution in [1.82, 2.24) is 10.3 Å². The fraction of sp³-hybridized carbons (Fsp3) is 0.562. The zero-order valence-corrected chi connectivity index (χ0v) is 11.9. The smallest absolute Gasteiger partial charge is 0.212 e. The Morgan fingerprint density at radius 3 is 2.95 bits per heavy atom. The molecule has 4 nitrogen and oxygen atoms in total. The van der Waals surface area contributed by atoms with E-state index in [0.29, 0.717) is 12.0 Å². The number of fused-ring (bicyclic) bond motifs is 1. The normalized spacial score (nSPS) is 24.9. The molecule has 1 aromatic carbocycles. The number of rotatable bonds is 4. The van der Waals surface area contributed by atoms with Gasteiger partial charge in [0, 0.05) is 12.6 Å². The highest BCUT2D eigenvalue weighted by molar-refractivity contribution is 5.72. The Morgan fingerprint density at radius 2 is 2.15 bits per heavy atom. The van der Waals surface area contributed by atoms with Gasteiger partial charge in [0.2, 0.25) is 5.89 Å². The number of nitrogens with one attached hydrogen (secondary N) is 1. The van der Waals surface area contributed by atoms with E-state index in [0.717, 1.165) is 29.8 Å². The summed E-state index contributed by atoms with van der Waals surface area (Å²) < 4.78 is 5.80. The fourth-order valence-electron chi connectivity index (χ4n) is 3.11. The Hall–Kier alpha value is -1.39. The molecule has 0 unspecified atom stereocenters. The predicted molar refractivity (Wildman–Crippen MR) is 78.4 cm³/mol. The van der Waals surface area contributed by atoms with Crippen LogP contribution in [-0.4, -0.2) is 22.7 Å². The maximum atomic E-state index is 9.48. The standard InChI is InChI=1S/C16H22N2O2/c1-11(17-13-7-3-2-6-12(13)10-19)16-18-14-8-4-5-9-15(14)20-16/h4-5,8-9,11-13,17,19H,2-3,6-7,10H2,1H3/t11-,12+,13+/m0/s1. The van der Waals surface area contributed by atoms with E-state index in [-0.39, 0.29) is 12.6 Å². The molecule has 0 bridgehead atoms. The van der Waals surface area contributed by atoms with Crippen LogP contribution in [0.15, 0.2) is 28.7 Å². The third-order valence-corrected chi connectivity index (χ3v) is 4.29. The molecular formula is C16H22N2O2. The number of hydrogen-bond donors (Lipinski definition) is 2. The van der Waals surface area contributed by atoms with Crippen molar-refractivity contribution in [2.24, 2.45) is 5.92 Å². The van der Waals surface area contributed by atoms with Crippen molar-refractivity contribution < 1.29 is 9.52 Å². The first-order chi connectivity index (χ1) is 9.78. The molecule has 1 heterocycles. The molecule has 1 aliphatic carbocycles. The van der Waals surface area contributed by atoms with E-state index >= 15 is 0 Å². The number of hydrogen-bond acceptors (Lipinski definition) is 4. The molecule has 20 heavy (non-hydrogen) atoms. The minimum atomic E-state index is 0.0690. The van der Waals surface area contributed by atoms with Gasteiger partial charge >= 0.3 is 0 Å². The average Bonchev–Trinajstić information content (AvgIpc) is 2.92. The van der Waals surface area contributed by atoms with E-state index in [2.05, 4.69) is 17.2 Å². The lowest BCUT2D eigenvalue weighted by Gasteiger charge is -2.32.